The first-order chi connectivity index (χ1) is 13.7. The van der Waals surface area contributed by atoms with Crippen LogP contribution in [-0.4, -0.2) is 11.9 Å². The summed E-state index contributed by atoms with van der Waals surface area (Å²) in [7, 11) is 0. The zero-order chi connectivity index (χ0) is 20.7. The van der Waals surface area contributed by atoms with E-state index in [1.165, 1.54) is 89.2 Å². The lowest BCUT2D eigenvalue weighted by Crippen LogP contribution is -2.07. The Kier molecular flexibility index (Phi) is 20.5. The average molecular weight is 395 g/mol. The van der Waals surface area contributed by atoms with Crippen LogP contribution < -0.4 is 0 Å². The number of hydrogen-bond acceptors (Lipinski definition) is 4. The normalized spacial score (nSPS) is 11.4. The molecule has 0 unspecified atom stereocenters. The van der Waals surface area contributed by atoms with E-state index in [4.69, 9.17) is 0 Å². The number of carbonyl (C=O) groups is 2. The molecule has 0 fully saturated rings. The van der Waals surface area contributed by atoms with Crippen molar-refractivity contribution in [3.63, 3.8) is 0 Å². The Morgan fingerprint density at radius 3 is 1.21 bits per heavy atom. The van der Waals surface area contributed by atoms with Crippen LogP contribution in [0, 0.1) is 0 Å². The van der Waals surface area contributed by atoms with Crippen LogP contribution in [0.2, 0.25) is 0 Å². The summed E-state index contributed by atoms with van der Waals surface area (Å²) in [6.07, 6.45) is 25.3. The van der Waals surface area contributed by atoms with Crippen molar-refractivity contribution in [2.45, 2.75) is 117 Å². The summed E-state index contributed by atoms with van der Waals surface area (Å²) in [6, 6.07) is 0. The molecule has 0 aromatic heterocycles. The maximum absolute atomic E-state index is 11.5. The maximum atomic E-state index is 11.5. The van der Waals surface area contributed by atoms with Gasteiger partial charge in [0.15, 0.2) is 0 Å². The van der Waals surface area contributed by atoms with Gasteiger partial charge in [-0.25, -0.2) is 19.4 Å². The zero-order valence-electron chi connectivity index (χ0n) is 18.3. The number of carbonyl (C=O) groups excluding carboxylic acids is 2. The van der Waals surface area contributed by atoms with Gasteiger partial charge in [0.05, 0.1) is 0 Å². The summed E-state index contributed by atoms with van der Waals surface area (Å²) in [6.45, 7) is 4.43. The lowest BCUT2D eigenvalue weighted by Gasteiger charge is -1.99. The molecule has 4 nitrogen and oxygen atoms in total. The monoisotopic (exact) mass is 394 g/mol. The molecule has 28 heavy (non-hydrogen) atoms. The van der Waals surface area contributed by atoms with Crippen molar-refractivity contribution >= 4 is 11.9 Å². The van der Waals surface area contributed by atoms with Crippen molar-refractivity contribution in [1.29, 1.82) is 0 Å². The predicted molar refractivity (Wildman–Crippen MR) is 116 cm³/mol. The highest BCUT2D eigenvalue weighted by atomic mass is 17.2. The standard InChI is InChI=1S/C24H42O4/c1-3-5-7-9-11-13-15-17-19-21-23(25)27-28-24(26)22-20-18-16-14-12-10-8-6-4-2/h19-22H,3-18H2,1-2H3. The third-order valence-electron chi connectivity index (χ3n) is 4.66. The molecule has 162 valence electrons. The van der Waals surface area contributed by atoms with Gasteiger partial charge >= 0.3 is 11.9 Å². The molecular weight excluding hydrogens is 352 g/mol. The van der Waals surface area contributed by atoms with Gasteiger partial charge in [-0.15, -0.1) is 0 Å². The maximum Gasteiger partial charge on any atom is 0.378 e. The highest BCUT2D eigenvalue weighted by molar-refractivity contribution is 5.84. The van der Waals surface area contributed by atoms with Crippen molar-refractivity contribution < 1.29 is 19.4 Å². The second kappa shape index (κ2) is 21.7. The summed E-state index contributed by atoms with van der Waals surface area (Å²) >= 11 is 0. The number of rotatable bonds is 18. The topological polar surface area (TPSA) is 52.6 Å². The minimum Gasteiger partial charge on any atom is -0.242 e. The van der Waals surface area contributed by atoms with Crippen molar-refractivity contribution in [3.8, 4) is 0 Å². The molecule has 0 aromatic carbocycles. The summed E-state index contributed by atoms with van der Waals surface area (Å²) in [5.74, 6) is -1.28. The molecule has 0 saturated heterocycles. The third-order valence-corrected chi connectivity index (χ3v) is 4.66. The number of unbranched alkanes of at least 4 members (excludes halogenated alkanes) is 14. The Morgan fingerprint density at radius 2 is 0.857 bits per heavy atom. The lowest BCUT2D eigenvalue weighted by atomic mass is 10.1. The summed E-state index contributed by atoms with van der Waals surface area (Å²) in [5.41, 5.74) is 0. The Hall–Kier alpha value is -1.58. The molecule has 0 aromatic rings. The van der Waals surface area contributed by atoms with Crippen LogP contribution in [0.5, 0.6) is 0 Å². The summed E-state index contributed by atoms with van der Waals surface area (Å²) in [4.78, 5) is 31.9. The summed E-state index contributed by atoms with van der Waals surface area (Å²) < 4.78 is 0. The fourth-order valence-electron chi connectivity index (χ4n) is 2.94. The van der Waals surface area contributed by atoms with Crippen LogP contribution in [0.25, 0.3) is 0 Å². The zero-order valence-corrected chi connectivity index (χ0v) is 18.3. The van der Waals surface area contributed by atoms with Gasteiger partial charge in [-0.2, -0.15) is 0 Å². The van der Waals surface area contributed by atoms with Crippen LogP contribution in [0.3, 0.4) is 0 Å². The second-order valence-corrected chi connectivity index (χ2v) is 7.43. The molecule has 0 aliphatic rings. The van der Waals surface area contributed by atoms with Crippen LogP contribution in [0.1, 0.15) is 117 Å². The van der Waals surface area contributed by atoms with Gasteiger partial charge in [0.1, 0.15) is 0 Å². The molecule has 0 heterocycles. The van der Waals surface area contributed by atoms with E-state index in [0.717, 1.165) is 25.7 Å². The molecular formula is C24H42O4. The molecule has 0 aliphatic carbocycles. The van der Waals surface area contributed by atoms with E-state index < -0.39 is 11.9 Å². The first-order valence-electron chi connectivity index (χ1n) is 11.5. The van der Waals surface area contributed by atoms with Crippen LogP contribution in [0.15, 0.2) is 24.3 Å². The molecule has 0 radical (unpaired) electrons. The fraction of sp³-hybridized carbons (Fsp3) is 0.750. The molecule has 0 bridgehead atoms. The molecule has 0 amide bonds. The van der Waals surface area contributed by atoms with Gasteiger partial charge in [0.2, 0.25) is 0 Å². The van der Waals surface area contributed by atoms with E-state index in [1.807, 2.05) is 0 Å². The smallest absolute Gasteiger partial charge is 0.242 e. The molecule has 0 N–H and O–H groups in total. The Bertz CT molecular complexity index is 386. The van der Waals surface area contributed by atoms with Gasteiger partial charge in [0.25, 0.3) is 0 Å². The predicted octanol–water partition coefficient (Wildman–Crippen LogP) is 7.38. The van der Waals surface area contributed by atoms with Crippen molar-refractivity contribution in [2.75, 3.05) is 0 Å². The first kappa shape index (κ1) is 26.4. The van der Waals surface area contributed by atoms with Crippen molar-refractivity contribution in [3.05, 3.63) is 24.3 Å². The molecule has 0 aliphatic heterocycles. The largest absolute Gasteiger partial charge is 0.378 e. The van der Waals surface area contributed by atoms with E-state index in [-0.39, 0.29) is 0 Å². The molecule has 0 spiro atoms. The highest BCUT2D eigenvalue weighted by Crippen LogP contribution is 2.09. The Balaban J connectivity index is 3.52. The first-order valence-corrected chi connectivity index (χ1v) is 11.5. The Morgan fingerprint density at radius 1 is 0.536 bits per heavy atom. The molecule has 0 saturated carbocycles. The van der Waals surface area contributed by atoms with Gasteiger partial charge in [-0.05, 0) is 25.7 Å². The number of hydrogen-bond donors (Lipinski definition) is 0. The third kappa shape index (κ3) is 20.7. The quantitative estimate of drug-likeness (QED) is 0.105. The van der Waals surface area contributed by atoms with E-state index in [2.05, 4.69) is 23.6 Å². The van der Waals surface area contributed by atoms with Crippen LogP contribution in [0.4, 0.5) is 0 Å². The van der Waals surface area contributed by atoms with E-state index in [9.17, 15) is 9.59 Å². The van der Waals surface area contributed by atoms with Crippen LogP contribution >= 0.6 is 0 Å². The SMILES string of the molecule is CCCCCCCCCC=CC(=O)OOC(=O)C=CCCCCCCCCC. The summed E-state index contributed by atoms with van der Waals surface area (Å²) in [5, 5.41) is 0. The van der Waals surface area contributed by atoms with E-state index >= 15 is 0 Å². The second-order valence-electron chi connectivity index (χ2n) is 7.43. The van der Waals surface area contributed by atoms with E-state index in [1.54, 1.807) is 12.2 Å². The van der Waals surface area contributed by atoms with Crippen LogP contribution in [-0.2, 0) is 19.4 Å². The van der Waals surface area contributed by atoms with Gasteiger partial charge in [-0.1, -0.05) is 103 Å². The van der Waals surface area contributed by atoms with Gasteiger partial charge in [-0.3, -0.25) is 0 Å². The lowest BCUT2D eigenvalue weighted by molar-refractivity contribution is -0.250. The fourth-order valence-corrected chi connectivity index (χ4v) is 2.94. The number of allylic oxidation sites excluding steroid dienone is 2. The average Bonchev–Trinajstić information content (AvgIpc) is 2.69. The molecule has 0 rings (SSSR count). The Labute approximate surface area is 172 Å². The molecule has 4 heteroatoms. The highest BCUT2D eigenvalue weighted by Gasteiger charge is 2.03. The van der Waals surface area contributed by atoms with Gasteiger partial charge in [0, 0.05) is 12.2 Å². The molecule has 0 atom stereocenters. The minimum absolute atomic E-state index is 0.642. The van der Waals surface area contributed by atoms with Crippen molar-refractivity contribution in [2.24, 2.45) is 0 Å². The van der Waals surface area contributed by atoms with E-state index in [0.29, 0.717) is 0 Å². The van der Waals surface area contributed by atoms with Crippen molar-refractivity contribution in [1.82, 2.24) is 0 Å². The minimum atomic E-state index is -0.642. The van der Waals surface area contributed by atoms with Gasteiger partial charge < -0.3 is 0 Å².